The predicted octanol–water partition coefficient (Wildman–Crippen LogP) is 2.57. The number of likely N-dealkylation sites (tertiary alicyclic amines) is 2. The first-order valence-electron chi connectivity index (χ1n) is 8.44. The molecule has 0 aromatic carbocycles. The van der Waals surface area contributed by atoms with Crippen LogP contribution in [0.5, 0.6) is 0 Å². The molecule has 0 unspecified atom stereocenters. The molecular weight excluding hydrogens is 260 g/mol. The molecule has 0 amide bonds. The van der Waals surface area contributed by atoms with Gasteiger partial charge < -0.3 is 10.2 Å². The Balaban J connectivity index is 1.46. The molecule has 0 aliphatic carbocycles. The molecular formula is C17H28N4. The Hall–Kier alpha value is -1.13. The number of nitrogens with one attached hydrogen (secondary N) is 1. The highest BCUT2D eigenvalue weighted by atomic mass is 15.2. The monoisotopic (exact) mass is 288 g/mol. The van der Waals surface area contributed by atoms with E-state index in [1.165, 1.54) is 63.8 Å². The maximum atomic E-state index is 4.41. The van der Waals surface area contributed by atoms with Crippen LogP contribution in [0.15, 0.2) is 18.3 Å². The summed E-state index contributed by atoms with van der Waals surface area (Å²) >= 11 is 0. The Morgan fingerprint density at radius 2 is 1.86 bits per heavy atom. The summed E-state index contributed by atoms with van der Waals surface area (Å²) in [5.41, 5.74) is 1.32. The predicted molar refractivity (Wildman–Crippen MR) is 87.5 cm³/mol. The number of hydrogen-bond acceptors (Lipinski definition) is 4. The van der Waals surface area contributed by atoms with E-state index < -0.39 is 0 Å². The van der Waals surface area contributed by atoms with Crippen LogP contribution in [0.4, 0.5) is 5.82 Å². The molecule has 0 spiro atoms. The number of nitrogens with zero attached hydrogens (tertiary/aromatic N) is 3. The molecule has 4 nitrogen and oxygen atoms in total. The standard InChI is InChI=1S/C17H28N4/c1-18-17-6-5-15(13-19-17)14-20-11-7-16(8-12-20)21-9-3-2-4-10-21/h5-6,13,16H,2-4,7-12,14H2,1H3,(H,18,19). The quantitative estimate of drug-likeness (QED) is 0.923. The molecule has 0 atom stereocenters. The van der Waals surface area contributed by atoms with Crippen molar-refractivity contribution >= 4 is 5.82 Å². The van der Waals surface area contributed by atoms with Gasteiger partial charge in [-0.15, -0.1) is 0 Å². The molecule has 1 aromatic heterocycles. The first-order valence-corrected chi connectivity index (χ1v) is 8.44. The number of pyridine rings is 1. The zero-order chi connectivity index (χ0) is 14.5. The van der Waals surface area contributed by atoms with Crippen molar-refractivity contribution in [2.45, 2.75) is 44.7 Å². The van der Waals surface area contributed by atoms with Gasteiger partial charge in [-0.05, 0) is 63.5 Å². The van der Waals surface area contributed by atoms with Crippen molar-refractivity contribution < 1.29 is 0 Å². The largest absolute Gasteiger partial charge is 0.373 e. The second-order valence-corrected chi connectivity index (χ2v) is 6.41. The lowest BCUT2D eigenvalue weighted by Crippen LogP contribution is -2.46. The molecule has 4 heteroatoms. The molecule has 2 aliphatic rings. The molecule has 3 rings (SSSR count). The summed E-state index contributed by atoms with van der Waals surface area (Å²) in [7, 11) is 1.91. The number of aromatic nitrogens is 1. The highest BCUT2D eigenvalue weighted by Gasteiger charge is 2.25. The van der Waals surface area contributed by atoms with Crippen molar-refractivity contribution in [3.63, 3.8) is 0 Å². The van der Waals surface area contributed by atoms with Crippen LogP contribution in [0.25, 0.3) is 0 Å². The minimum atomic E-state index is 0.839. The van der Waals surface area contributed by atoms with Crippen LogP contribution in [-0.4, -0.2) is 54.1 Å². The molecule has 0 bridgehead atoms. The minimum Gasteiger partial charge on any atom is -0.373 e. The maximum absolute atomic E-state index is 4.41. The second kappa shape index (κ2) is 7.23. The van der Waals surface area contributed by atoms with E-state index in [0.29, 0.717) is 0 Å². The fraction of sp³-hybridized carbons (Fsp3) is 0.706. The lowest BCUT2D eigenvalue weighted by atomic mass is 9.99. The molecule has 116 valence electrons. The first kappa shape index (κ1) is 14.8. The van der Waals surface area contributed by atoms with E-state index in [2.05, 4.69) is 32.2 Å². The van der Waals surface area contributed by atoms with Gasteiger partial charge in [0, 0.05) is 25.8 Å². The SMILES string of the molecule is CNc1ccc(CN2CCC(N3CCCCC3)CC2)cn1. The Kier molecular flexibility index (Phi) is 5.09. The van der Waals surface area contributed by atoms with Crippen LogP contribution in [-0.2, 0) is 6.54 Å². The lowest BCUT2D eigenvalue weighted by Gasteiger charge is -2.40. The van der Waals surface area contributed by atoms with Gasteiger partial charge in [-0.1, -0.05) is 12.5 Å². The number of hydrogen-bond donors (Lipinski definition) is 1. The molecule has 0 radical (unpaired) electrons. The number of anilines is 1. The van der Waals surface area contributed by atoms with Gasteiger partial charge in [0.15, 0.2) is 0 Å². The van der Waals surface area contributed by atoms with Crippen molar-refractivity contribution in [2.24, 2.45) is 0 Å². The van der Waals surface area contributed by atoms with Crippen molar-refractivity contribution in [2.75, 3.05) is 38.5 Å². The fourth-order valence-corrected chi connectivity index (χ4v) is 3.65. The van der Waals surface area contributed by atoms with Gasteiger partial charge in [0.25, 0.3) is 0 Å². The summed E-state index contributed by atoms with van der Waals surface area (Å²) in [6, 6.07) is 5.09. The first-order chi connectivity index (χ1) is 10.3. The summed E-state index contributed by atoms with van der Waals surface area (Å²) in [4.78, 5) is 9.73. The van der Waals surface area contributed by atoms with Crippen LogP contribution in [0, 0.1) is 0 Å². The van der Waals surface area contributed by atoms with Crippen LogP contribution in [0.2, 0.25) is 0 Å². The number of piperidine rings is 2. The van der Waals surface area contributed by atoms with Crippen LogP contribution in [0.3, 0.4) is 0 Å². The molecule has 1 N–H and O–H groups in total. The highest BCUT2D eigenvalue weighted by Crippen LogP contribution is 2.21. The van der Waals surface area contributed by atoms with Gasteiger partial charge in [-0.25, -0.2) is 4.98 Å². The molecule has 2 aliphatic heterocycles. The van der Waals surface area contributed by atoms with Crippen molar-refractivity contribution in [3.8, 4) is 0 Å². The van der Waals surface area contributed by atoms with E-state index in [9.17, 15) is 0 Å². The summed E-state index contributed by atoms with van der Waals surface area (Å²) in [5.74, 6) is 0.947. The topological polar surface area (TPSA) is 31.4 Å². The van der Waals surface area contributed by atoms with E-state index in [1.54, 1.807) is 0 Å². The third-order valence-electron chi connectivity index (χ3n) is 4.95. The van der Waals surface area contributed by atoms with Crippen LogP contribution >= 0.6 is 0 Å². The van der Waals surface area contributed by atoms with Crippen molar-refractivity contribution in [1.29, 1.82) is 0 Å². The third kappa shape index (κ3) is 3.95. The molecule has 21 heavy (non-hydrogen) atoms. The number of rotatable bonds is 4. The Labute approximate surface area is 128 Å². The smallest absolute Gasteiger partial charge is 0.125 e. The van der Waals surface area contributed by atoms with E-state index in [-0.39, 0.29) is 0 Å². The van der Waals surface area contributed by atoms with E-state index in [0.717, 1.165) is 18.4 Å². The summed E-state index contributed by atoms with van der Waals surface area (Å²) in [5, 5.41) is 3.07. The Bertz CT molecular complexity index is 417. The molecule has 1 aromatic rings. The molecule has 2 fully saturated rings. The van der Waals surface area contributed by atoms with E-state index >= 15 is 0 Å². The van der Waals surface area contributed by atoms with Crippen LogP contribution < -0.4 is 5.32 Å². The third-order valence-corrected chi connectivity index (χ3v) is 4.95. The average Bonchev–Trinajstić information content (AvgIpc) is 2.57. The molecule has 0 saturated carbocycles. The second-order valence-electron chi connectivity index (χ2n) is 6.41. The summed E-state index contributed by atoms with van der Waals surface area (Å²) < 4.78 is 0. The Morgan fingerprint density at radius 3 is 2.48 bits per heavy atom. The maximum Gasteiger partial charge on any atom is 0.125 e. The lowest BCUT2D eigenvalue weighted by molar-refractivity contribution is 0.0896. The van der Waals surface area contributed by atoms with Gasteiger partial charge in [-0.3, -0.25) is 4.90 Å². The Morgan fingerprint density at radius 1 is 1.10 bits per heavy atom. The zero-order valence-corrected chi connectivity index (χ0v) is 13.2. The summed E-state index contributed by atoms with van der Waals surface area (Å²) in [6.45, 7) is 6.17. The van der Waals surface area contributed by atoms with Crippen LogP contribution in [0.1, 0.15) is 37.7 Å². The van der Waals surface area contributed by atoms with Gasteiger partial charge >= 0.3 is 0 Å². The van der Waals surface area contributed by atoms with Gasteiger partial charge in [0.2, 0.25) is 0 Å². The molecule has 3 heterocycles. The van der Waals surface area contributed by atoms with Crippen molar-refractivity contribution in [3.05, 3.63) is 23.9 Å². The minimum absolute atomic E-state index is 0.839. The highest BCUT2D eigenvalue weighted by molar-refractivity contribution is 5.34. The van der Waals surface area contributed by atoms with Gasteiger partial charge in [0.1, 0.15) is 5.82 Å². The van der Waals surface area contributed by atoms with E-state index in [4.69, 9.17) is 0 Å². The average molecular weight is 288 g/mol. The van der Waals surface area contributed by atoms with Crippen molar-refractivity contribution in [1.82, 2.24) is 14.8 Å². The summed E-state index contributed by atoms with van der Waals surface area (Å²) in [6.07, 6.45) is 8.92. The molecule has 2 saturated heterocycles. The van der Waals surface area contributed by atoms with Gasteiger partial charge in [-0.2, -0.15) is 0 Å². The fourth-order valence-electron chi connectivity index (χ4n) is 3.65. The normalized spacial score (nSPS) is 22.3. The van der Waals surface area contributed by atoms with E-state index in [1.807, 2.05) is 13.2 Å². The van der Waals surface area contributed by atoms with Gasteiger partial charge in [0.05, 0.1) is 0 Å². The zero-order valence-electron chi connectivity index (χ0n) is 13.2.